The van der Waals surface area contributed by atoms with Crippen molar-refractivity contribution in [2.75, 3.05) is 6.61 Å². The van der Waals surface area contributed by atoms with Gasteiger partial charge in [0.25, 0.3) is 0 Å². The summed E-state index contributed by atoms with van der Waals surface area (Å²) in [4.78, 5) is 16.4. The highest BCUT2D eigenvalue weighted by Gasteiger charge is 2.23. The van der Waals surface area contributed by atoms with Crippen molar-refractivity contribution >= 4 is 43.3 Å². The maximum absolute atomic E-state index is 14.9. The minimum Gasteiger partial charge on any atom is -0.461 e. The zero-order valence-electron chi connectivity index (χ0n) is 21.9. The summed E-state index contributed by atoms with van der Waals surface area (Å²) in [7, 11) is -4.20. The van der Waals surface area contributed by atoms with Crippen LogP contribution in [0.15, 0.2) is 93.6 Å². The first-order chi connectivity index (χ1) is 19.6. The fraction of sp³-hybridized carbons (Fsp3) is 0.133. The average molecular weight is 655 g/mol. The Morgan fingerprint density at radius 3 is 2.51 bits per heavy atom. The summed E-state index contributed by atoms with van der Waals surface area (Å²) in [5.41, 5.74) is 5.30. The van der Waals surface area contributed by atoms with Gasteiger partial charge in [-0.2, -0.15) is 0 Å². The van der Waals surface area contributed by atoms with Gasteiger partial charge in [-0.05, 0) is 53.9 Å². The Balaban J connectivity index is 1.71. The number of hydrogen-bond donors (Lipinski definition) is 1. The summed E-state index contributed by atoms with van der Waals surface area (Å²) < 4.78 is 46.5. The van der Waals surface area contributed by atoms with Crippen molar-refractivity contribution in [3.05, 3.63) is 117 Å². The summed E-state index contributed by atoms with van der Waals surface area (Å²) in [6, 6.07) is 23.7. The second-order valence-electron chi connectivity index (χ2n) is 9.22. The molecule has 0 atom stereocenters. The fourth-order valence-corrected chi connectivity index (χ4v) is 6.39. The van der Waals surface area contributed by atoms with Crippen molar-refractivity contribution in [3.8, 4) is 21.8 Å². The SMILES string of the molecule is CCOC(=O)c1csc(-c2cc(-c3cccc(Br)c3)n(Cc3ccc(S(N)(=O)=O)c(F)c3)c2Cc2ccccc2)n1. The van der Waals surface area contributed by atoms with Gasteiger partial charge in [0.1, 0.15) is 15.7 Å². The minimum absolute atomic E-state index is 0.231. The topological polar surface area (TPSA) is 104 Å². The van der Waals surface area contributed by atoms with Crippen LogP contribution in [0.2, 0.25) is 0 Å². The van der Waals surface area contributed by atoms with Crippen molar-refractivity contribution in [2.24, 2.45) is 5.14 Å². The van der Waals surface area contributed by atoms with E-state index in [2.05, 4.69) is 25.5 Å². The highest BCUT2D eigenvalue weighted by Crippen LogP contribution is 2.37. The molecule has 11 heteroatoms. The van der Waals surface area contributed by atoms with Crippen LogP contribution in [0.1, 0.15) is 34.2 Å². The number of halogens is 2. The van der Waals surface area contributed by atoms with Crippen LogP contribution in [0.3, 0.4) is 0 Å². The summed E-state index contributed by atoms with van der Waals surface area (Å²) in [5.74, 6) is -1.40. The Morgan fingerprint density at radius 1 is 1.05 bits per heavy atom. The lowest BCUT2D eigenvalue weighted by Crippen LogP contribution is -2.14. The van der Waals surface area contributed by atoms with E-state index in [-0.39, 0.29) is 18.8 Å². The molecule has 0 bridgehead atoms. The van der Waals surface area contributed by atoms with Gasteiger partial charge in [-0.1, -0.05) is 64.5 Å². The van der Waals surface area contributed by atoms with Crippen LogP contribution in [0.5, 0.6) is 0 Å². The predicted octanol–water partition coefficient (Wildman–Crippen LogP) is 6.64. The van der Waals surface area contributed by atoms with Gasteiger partial charge in [0.2, 0.25) is 10.0 Å². The Labute approximate surface area is 249 Å². The summed E-state index contributed by atoms with van der Waals surface area (Å²) >= 11 is 4.90. The molecule has 0 aliphatic heterocycles. The van der Waals surface area contributed by atoms with E-state index < -0.39 is 26.7 Å². The molecule has 41 heavy (non-hydrogen) atoms. The zero-order chi connectivity index (χ0) is 29.1. The lowest BCUT2D eigenvalue weighted by Gasteiger charge is -2.16. The number of benzene rings is 3. The van der Waals surface area contributed by atoms with Crippen LogP contribution in [-0.2, 0) is 27.7 Å². The van der Waals surface area contributed by atoms with Crippen molar-refractivity contribution in [3.63, 3.8) is 0 Å². The largest absolute Gasteiger partial charge is 0.461 e. The van der Waals surface area contributed by atoms with Gasteiger partial charge in [0.15, 0.2) is 5.69 Å². The average Bonchev–Trinajstić information content (AvgIpc) is 3.55. The molecule has 0 amide bonds. The molecule has 0 spiro atoms. The van der Waals surface area contributed by atoms with E-state index in [9.17, 15) is 17.6 Å². The van der Waals surface area contributed by atoms with Crippen LogP contribution >= 0.6 is 27.3 Å². The maximum Gasteiger partial charge on any atom is 0.357 e. The number of nitrogens with two attached hydrogens (primary N) is 1. The highest BCUT2D eigenvalue weighted by atomic mass is 79.9. The Kier molecular flexibility index (Phi) is 8.50. The van der Waals surface area contributed by atoms with Crippen LogP contribution in [0.25, 0.3) is 21.8 Å². The number of primary sulfonamides is 1. The van der Waals surface area contributed by atoms with Crippen LogP contribution in [-0.4, -0.2) is 30.5 Å². The zero-order valence-corrected chi connectivity index (χ0v) is 25.1. The van der Waals surface area contributed by atoms with E-state index in [4.69, 9.17) is 9.88 Å². The first-order valence-electron chi connectivity index (χ1n) is 12.6. The predicted molar refractivity (Wildman–Crippen MR) is 161 cm³/mol. The number of hydrogen-bond acceptors (Lipinski definition) is 6. The number of sulfonamides is 1. The third-order valence-electron chi connectivity index (χ3n) is 6.41. The van der Waals surface area contributed by atoms with E-state index >= 15 is 0 Å². The van der Waals surface area contributed by atoms with Crippen molar-refractivity contribution in [1.82, 2.24) is 9.55 Å². The number of carbonyl (C=O) groups is 1. The standard InChI is InChI=1S/C30H25BrFN3O4S2/c1-2-39-30(36)25-18-40-29(34-25)23-16-26(21-9-6-10-22(31)15-21)35(27(23)14-19-7-4-3-5-8-19)17-20-11-12-28(24(32)13-20)41(33,37)38/h3-13,15-16,18H,2,14,17H2,1H3,(H2,33,37,38). The number of rotatable bonds is 9. The van der Waals surface area contributed by atoms with Gasteiger partial charge >= 0.3 is 5.97 Å². The molecular weight excluding hydrogens is 629 g/mol. The molecule has 2 aromatic heterocycles. The molecule has 0 aliphatic rings. The molecule has 5 aromatic rings. The smallest absolute Gasteiger partial charge is 0.357 e. The number of nitrogens with zero attached hydrogens (tertiary/aromatic N) is 2. The van der Waals surface area contributed by atoms with Gasteiger partial charge < -0.3 is 9.30 Å². The molecule has 2 N–H and O–H groups in total. The summed E-state index contributed by atoms with van der Waals surface area (Å²) in [5, 5.41) is 7.50. The lowest BCUT2D eigenvalue weighted by atomic mass is 10.1. The first kappa shape index (κ1) is 28.9. The second-order valence-corrected chi connectivity index (χ2v) is 12.5. The molecule has 0 saturated carbocycles. The Hall–Kier alpha value is -3.64. The number of carbonyl (C=O) groups excluding carboxylic acids is 1. The summed E-state index contributed by atoms with van der Waals surface area (Å²) in [6.07, 6.45) is 0.524. The van der Waals surface area contributed by atoms with E-state index in [1.165, 1.54) is 23.5 Å². The molecule has 0 fully saturated rings. The molecule has 0 unspecified atom stereocenters. The van der Waals surface area contributed by atoms with E-state index in [0.29, 0.717) is 17.0 Å². The van der Waals surface area contributed by atoms with Gasteiger partial charge in [0, 0.05) is 39.8 Å². The molecule has 2 heterocycles. The van der Waals surface area contributed by atoms with Crippen LogP contribution in [0, 0.1) is 5.82 Å². The molecule has 0 aliphatic carbocycles. The van der Waals surface area contributed by atoms with Gasteiger partial charge in [-0.25, -0.2) is 27.7 Å². The van der Waals surface area contributed by atoms with Crippen LogP contribution < -0.4 is 5.14 Å². The van der Waals surface area contributed by atoms with Crippen molar-refractivity contribution < 1.29 is 22.3 Å². The lowest BCUT2D eigenvalue weighted by molar-refractivity contribution is 0.0520. The maximum atomic E-state index is 14.9. The number of thiazole rings is 1. The molecule has 0 saturated heterocycles. The number of esters is 1. The Morgan fingerprint density at radius 2 is 1.83 bits per heavy atom. The number of ether oxygens (including phenoxy) is 1. The summed E-state index contributed by atoms with van der Waals surface area (Å²) in [6.45, 7) is 2.23. The molecular formula is C30H25BrFN3O4S2. The minimum atomic E-state index is -4.20. The van der Waals surface area contributed by atoms with Crippen molar-refractivity contribution in [1.29, 1.82) is 0 Å². The van der Waals surface area contributed by atoms with E-state index in [1.807, 2.05) is 60.7 Å². The van der Waals surface area contributed by atoms with Crippen molar-refractivity contribution in [2.45, 2.75) is 24.8 Å². The first-order valence-corrected chi connectivity index (χ1v) is 15.8. The molecule has 0 radical (unpaired) electrons. The Bertz CT molecular complexity index is 1840. The molecule has 5 rings (SSSR count). The van der Waals surface area contributed by atoms with E-state index in [0.717, 1.165) is 32.6 Å². The molecule has 7 nitrogen and oxygen atoms in total. The highest BCUT2D eigenvalue weighted by molar-refractivity contribution is 9.10. The number of aromatic nitrogens is 2. The van der Waals surface area contributed by atoms with E-state index in [1.54, 1.807) is 18.4 Å². The van der Waals surface area contributed by atoms with Gasteiger partial charge in [-0.3, -0.25) is 0 Å². The fourth-order valence-electron chi connectivity index (χ4n) is 4.57. The normalized spacial score (nSPS) is 11.5. The quantitative estimate of drug-likeness (QED) is 0.180. The second kappa shape index (κ2) is 12.1. The van der Waals surface area contributed by atoms with Gasteiger partial charge in [-0.15, -0.1) is 11.3 Å². The third-order valence-corrected chi connectivity index (χ3v) is 8.72. The molecule has 3 aromatic carbocycles. The third kappa shape index (κ3) is 6.48. The monoisotopic (exact) mass is 653 g/mol. The molecule has 210 valence electrons. The van der Waals surface area contributed by atoms with Gasteiger partial charge in [0.05, 0.1) is 6.61 Å². The van der Waals surface area contributed by atoms with Crippen LogP contribution in [0.4, 0.5) is 4.39 Å².